The first-order valence-corrected chi connectivity index (χ1v) is 6.57. The van der Waals surface area contributed by atoms with Gasteiger partial charge >= 0.3 is 6.09 Å². The van der Waals surface area contributed by atoms with Crippen molar-refractivity contribution in [2.24, 2.45) is 5.73 Å². The lowest BCUT2D eigenvalue weighted by Crippen LogP contribution is -2.20. The van der Waals surface area contributed by atoms with Crippen LogP contribution in [-0.2, 0) is 9.53 Å². The number of anilines is 1. The Bertz CT molecular complexity index is 556. The molecule has 1 atom stereocenters. The van der Waals surface area contributed by atoms with E-state index in [-0.39, 0.29) is 24.5 Å². The standard InChI is InChI=1S/C14H17N3O4/c1-17-8-11(21-14(17)20)6-7-12(18)16-10-4-2-9(3-5-10)13(15)19/h2-5,11H,6-8H2,1H3,(H2,15,19)(H,16,18). The van der Waals surface area contributed by atoms with Crippen LogP contribution in [0.25, 0.3) is 0 Å². The molecule has 0 aromatic heterocycles. The fourth-order valence-electron chi connectivity index (χ4n) is 2.03. The van der Waals surface area contributed by atoms with E-state index in [0.717, 1.165) is 0 Å². The highest BCUT2D eigenvalue weighted by atomic mass is 16.6. The van der Waals surface area contributed by atoms with Crippen molar-refractivity contribution in [1.29, 1.82) is 0 Å². The van der Waals surface area contributed by atoms with Crippen LogP contribution in [0.15, 0.2) is 24.3 Å². The van der Waals surface area contributed by atoms with Crippen molar-refractivity contribution in [2.45, 2.75) is 18.9 Å². The van der Waals surface area contributed by atoms with Gasteiger partial charge in [0.1, 0.15) is 6.10 Å². The molecule has 0 radical (unpaired) electrons. The minimum Gasteiger partial charge on any atom is -0.444 e. The minimum absolute atomic E-state index is 0.174. The molecule has 7 heteroatoms. The zero-order valence-corrected chi connectivity index (χ0v) is 11.7. The summed E-state index contributed by atoms with van der Waals surface area (Å²) >= 11 is 0. The van der Waals surface area contributed by atoms with E-state index < -0.39 is 5.91 Å². The van der Waals surface area contributed by atoms with Crippen LogP contribution in [0.4, 0.5) is 10.5 Å². The Morgan fingerprint density at radius 3 is 2.57 bits per heavy atom. The van der Waals surface area contributed by atoms with Gasteiger partial charge in [-0.15, -0.1) is 0 Å². The second-order valence-electron chi connectivity index (χ2n) is 4.91. The van der Waals surface area contributed by atoms with Gasteiger partial charge < -0.3 is 20.7 Å². The minimum atomic E-state index is -0.514. The molecule has 1 unspecified atom stereocenters. The maximum Gasteiger partial charge on any atom is 0.409 e. The summed E-state index contributed by atoms with van der Waals surface area (Å²) in [7, 11) is 1.66. The highest BCUT2D eigenvalue weighted by Crippen LogP contribution is 2.15. The Labute approximate surface area is 122 Å². The summed E-state index contributed by atoms with van der Waals surface area (Å²) in [6.07, 6.45) is 0.123. The number of hydrogen-bond acceptors (Lipinski definition) is 4. The second kappa shape index (κ2) is 6.25. The highest BCUT2D eigenvalue weighted by Gasteiger charge is 2.28. The average Bonchev–Trinajstić information content (AvgIpc) is 2.76. The summed E-state index contributed by atoms with van der Waals surface area (Å²) in [4.78, 5) is 35.4. The number of carbonyl (C=O) groups excluding carboxylic acids is 3. The molecule has 0 aliphatic carbocycles. The van der Waals surface area contributed by atoms with Crippen molar-refractivity contribution >= 4 is 23.6 Å². The van der Waals surface area contributed by atoms with Crippen molar-refractivity contribution in [3.05, 3.63) is 29.8 Å². The fraction of sp³-hybridized carbons (Fsp3) is 0.357. The largest absolute Gasteiger partial charge is 0.444 e. The van der Waals surface area contributed by atoms with Crippen LogP contribution >= 0.6 is 0 Å². The predicted octanol–water partition coefficient (Wildman–Crippen LogP) is 0.955. The summed E-state index contributed by atoms with van der Waals surface area (Å²) in [5.41, 5.74) is 6.11. The van der Waals surface area contributed by atoms with E-state index in [4.69, 9.17) is 10.5 Å². The number of nitrogens with zero attached hydrogens (tertiary/aromatic N) is 1. The normalized spacial score (nSPS) is 17.5. The topological polar surface area (TPSA) is 102 Å². The van der Waals surface area contributed by atoms with E-state index in [1.54, 1.807) is 31.3 Å². The lowest BCUT2D eigenvalue weighted by molar-refractivity contribution is -0.116. The van der Waals surface area contributed by atoms with Crippen LogP contribution in [0.1, 0.15) is 23.2 Å². The number of carbonyl (C=O) groups is 3. The number of rotatable bonds is 5. The first-order chi connectivity index (χ1) is 9.95. The number of amides is 3. The third kappa shape index (κ3) is 3.95. The summed E-state index contributed by atoms with van der Waals surface area (Å²) in [6, 6.07) is 6.32. The first-order valence-electron chi connectivity index (χ1n) is 6.57. The van der Waals surface area contributed by atoms with E-state index in [2.05, 4.69) is 5.32 Å². The smallest absolute Gasteiger partial charge is 0.409 e. The molecule has 7 nitrogen and oxygen atoms in total. The van der Waals surface area contributed by atoms with E-state index in [1.807, 2.05) is 0 Å². The zero-order chi connectivity index (χ0) is 15.4. The second-order valence-corrected chi connectivity index (χ2v) is 4.91. The number of hydrogen-bond donors (Lipinski definition) is 2. The highest BCUT2D eigenvalue weighted by molar-refractivity contribution is 5.94. The van der Waals surface area contributed by atoms with Gasteiger partial charge in [-0.3, -0.25) is 9.59 Å². The Kier molecular flexibility index (Phi) is 4.42. The van der Waals surface area contributed by atoms with Crippen LogP contribution in [0.3, 0.4) is 0 Å². The zero-order valence-electron chi connectivity index (χ0n) is 11.7. The van der Waals surface area contributed by atoms with Crippen LogP contribution < -0.4 is 11.1 Å². The van der Waals surface area contributed by atoms with E-state index in [1.165, 1.54) is 4.90 Å². The SMILES string of the molecule is CN1CC(CCC(=O)Nc2ccc(C(N)=O)cc2)OC1=O. The molecule has 2 rings (SSSR count). The monoisotopic (exact) mass is 291 g/mol. The lowest BCUT2D eigenvalue weighted by Gasteiger charge is -2.09. The van der Waals surface area contributed by atoms with Crippen molar-refractivity contribution in [1.82, 2.24) is 4.90 Å². The Balaban J connectivity index is 1.79. The molecule has 1 aliphatic heterocycles. The van der Waals surface area contributed by atoms with E-state index >= 15 is 0 Å². The van der Waals surface area contributed by atoms with Crippen molar-refractivity contribution in [3.63, 3.8) is 0 Å². The third-order valence-corrected chi connectivity index (χ3v) is 3.20. The third-order valence-electron chi connectivity index (χ3n) is 3.20. The predicted molar refractivity (Wildman–Crippen MR) is 75.7 cm³/mol. The molecule has 3 amide bonds. The number of cyclic esters (lactones) is 1. The number of benzene rings is 1. The molecule has 1 heterocycles. The van der Waals surface area contributed by atoms with Gasteiger partial charge in [0, 0.05) is 24.7 Å². The van der Waals surface area contributed by atoms with Crippen molar-refractivity contribution < 1.29 is 19.1 Å². The van der Waals surface area contributed by atoms with E-state index in [9.17, 15) is 14.4 Å². The quantitative estimate of drug-likeness (QED) is 0.843. The van der Waals surface area contributed by atoms with Crippen LogP contribution in [0, 0.1) is 0 Å². The molecular formula is C14H17N3O4. The average molecular weight is 291 g/mol. The van der Waals surface area contributed by atoms with Gasteiger partial charge in [-0.05, 0) is 30.7 Å². The molecule has 0 saturated carbocycles. The molecule has 1 saturated heterocycles. The molecule has 1 fully saturated rings. The maximum atomic E-state index is 11.8. The van der Waals surface area contributed by atoms with Gasteiger partial charge in [0.2, 0.25) is 11.8 Å². The fourth-order valence-corrected chi connectivity index (χ4v) is 2.03. The van der Waals surface area contributed by atoms with Gasteiger partial charge in [-0.1, -0.05) is 0 Å². The number of likely N-dealkylation sites (N-methyl/N-ethyl adjacent to an activating group) is 1. The molecule has 0 bridgehead atoms. The summed E-state index contributed by atoms with van der Waals surface area (Å²) in [5, 5.41) is 2.71. The molecule has 1 aliphatic rings. The number of nitrogens with one attached hydrogen (secondary N) is 1. The molecule has 112 valence electrons. The number of primary amides is 1. The summed E-state index contributed by atoms with van der Waals surface area (Å²) in [5.74, 6) is -0.688. The molecule has 3 N–H and O–H groups in total. The van der Waals surface area contributed by atoms with Gasteiger partial charge in [0.25, 0.3) is 0 Å². The van der Waals surface area contributed by atoms with Gasteiger partial charge in [0.05, 0.1) is 6.54 Å². The van der Waals surface area contributed by atoms with Gasteiger partial charge in [-0.25, -0.2) is 4.79 Å². The summed E-state index contributed by atoms with van der Waals surface area (Å²) in [6.45, 7) is 0.499. The number of ether oxygens (including phenoxy) is 1. The Morgan fingerprint density at radius 2 is 2.05 bits per heavy atom. The van der Waals surface area contributed by atoms with Gasteiger partial charge in [0.15, 0.2) is 0 Å². The van der Waals surface area contributed by atoms with Crippen LogP contribution in [0.2, 0.25) is 0 Å². The lowest BCUT2D eigenvalue weighted by atomic mass is 10.1. The van der Waals surface area contributed by atoms with Gasteiger partial charge in [-0.2, -0.15) is 0 Å². The Hall–Kier alpha value is -2.57. The van der Waals surface area contributed by atoms with Crippen molar-refractivity contribution in [3.8, 4) is 0 Å². The first kappa shape index (κ1) is 14.8. The van der Waals surface area contributed by atoms with Crippen LogP contribution in [-0.4, -0.2) is 42.5 Å². The van der Waals surface area contributed by atoms with Crippen LogP contribution in [0.5, 0.6) is 0 Å². The van der Waals surface area contributed by atoms with Crippen molar-refractivity contribution in [2.75, 3.05) is 18.9 Å². The molecule has 1 aromatic rings. The maximum absolute atomic E-state index is 11.8. The molecular weight excluding hydrogens is 274 g/mol. The number of nitrogens with two attached hydrogens (primary N) is 1. The Morgan fingerprint density at radius 1 is 1.38 bits per heavy atom. The summed E-state index contributed by atoms with van der Waals surface area (Å²) < 4.78 is 5.07. The van der Waals surface area contributed by atoms with E-state index in [0.29, 0.717) is 24.2 Å². The molecule has 21 heavy (non-hydrogen) atoms. The molecule has 1 aromatic carbocycles. The molecule has 0 spiro atoms.